The first-order valence-corrected chi connectivity index (χ1v) is 6.01. The minimum atomic E-state index is -4.11. The van der Waals surface area contributed by atoms with Crippen LogP contribution in [0, 0.1) is 16.7 Å². The van der Waals surface area contributed by atoms with E-state index in [-0.39, 0.29) is 5.41 Å². The van der Waals surface area contributed by atoms with Crippen LogP contribution in [0.5, 0.6) is 0 Å². The molecule has 0 radical (unpaired) electrons. The monoisotopic (exact) mass is 250 g/mol. The van der Waals surface area contributed by atoms with Crippen LogP contribution in [0.4, 0.5) is 13.2 Å². The Hall–Kier alpha value is -0.760. The third kappa shape index (κ3) is 6.52. The van der Waals surface area contributed by atoms with Crippen LogP contribution in [-0.4, -0.2) is 30.7 Å². The Bertz CT molecular complexity index is 247. The summed E-state index contributed by atoms with van der Waals surface area (Å²) in [5.74, 6) is 0. The number of halogens is 3. The summed E-state index contributed by atoms with van der Waals surface area (Å²) in [6.45, 7) is 6.03. The van der Waals surface area contributed by atoms with Crippen LogP contribution in [0.2, 0.25) is 0 Å². The molecule has 0 aromatic rings. The molecule has 1 aliphatic heterocycles. The highest BCUT2D eigenvalue weighted by Crippen LogP contribution is 2.34. The smallest absolute Gasteiger partial charge is 0.295 e. The van der Waals surface area contributed by atoms with Gasteiger partial charge in [-0.3, -0.25) is 4.90 Å². The van der Waals surface area contributed by atoms with E-state index >= 15 is 0 Å². The van der Waals surface area contributed by atoms with Crippen LogP contribution in [0.25, 0.3) is 0 Å². The average molecular weight is 250 g/mol. The molecule has 0 aliphatic carbocycles. The molecule has 0 unspecified atom stereocenters. The molecule has 1 fully saturated rings. The third-order valence-corrected chi connectivity index (χ3v) is 2.97. The number of nitriles is 1. The zero-order valence-electron chi connectivity index (χ0n) is 10.8. The van der Waals surface area contributed by atoms with Crippen LogP contribution in [0.1, 0.15) is 40.0 Å². The van der Waals surface area contributed by atoms with Crippen molar-refractivity contribution in [2.75, 3.05) is 19.6 Å². The number of alkyl halides is 3. The van der Waals surface area contributed by atoms with Crippen LogP contribution in [-0.2, 0) is 0 Å². The Morgan fingerprint density at radius 2 is 1.71 bits per heavy atom. The molecular weight excluding hydrogens is 229 g/mol. The van der Waals surface area contributed by atoms with E-state index in [4.69, 9.17) is 5.26 Å². The highest BCUT2D eigenvalue weighted by molar-refractivity contribution is 4.90. The van der Waals surface area contributed by atoms with Gasteiger partial charge in [0.1, 0.15) is 0 Å². The van der Waals surface area contributed by atoms with Crippen molar-refractivity contribution >= 4 is 0 Å². The second kappa shape index (κ2) is 6.85. The first-order chi connectivity index (χ1) is 7.85. The highest BCUT2D eigenvalue weighted by atomic mass is 19.4. The Morgan fingerprint density at radius 3 is 2.06 bits per heavy atom. The highest BCUT2D eigenvalue weighted by Gasteiger charge is 2.35. The van der Waals surface area contributed by atoms with E-state index in [0.717, 1.165) is 0 Å². The SMILES string of the molecule is CC.CC1(CC#N)CCN(CC(F)(F)F)CC1. The van der Waals surface area contributed by atoms with Gasteiger partial charge < -0.3 is 0 Å². The fourth-order valence-corrected chi connectivity index (χ4v) is 1.87. The van der Waals surface area contributed by atoms with Gasteiger partial charge in [0.05, 0.1) is 12.6 Å². The third-order valence-electron chi connectivity index (χ3n) is 2.97. The molecule has 1 heterocycles. The summed E-state index contributed by atoms with van der Waals surface area (Å²) in [5, 5.41) is 8.59. The molecule has 0 spiro atoms. The standard InChI is InChI=1S/C10H15F3N2.C2H6/c1-9(2-5-14)3-6-15(7-4-9)8-10(11,12)13;1-2/h2-4,6-8H2,1H3;1-2H3. The van der Waals surface area contributed by atoms with Crippen LogP contribution < -0.4 is 0 Å². The molecule has 0 atom stereocenters. The van der Waals surface area contributed by atoms with Crippen molar-refractivity contribution < 1.29 is 13.2 Å². The average Bonchev–Trinajstić information content (AvgIpc) is 2.23. The maximum Gasteiger partial charge on any atom is 0.401 e. The normalized spacial score (nSPS) is 20.1. The quantitative estimate of drug-likeness (QED) is 0.748. The van der Waals surface area contributed by atoms with Crippen molar-refractivity contribution in [3.63, 3.8) is 0 Å². The van der Waals surface area contributed by atoms with Crippen molar-refractivity contribution in [3.8, 4) is 6.07 Å². The maximum absolute atomic E-state index is 12.1. The van der Waals surface area contributed by atoms with Gasteiger partial charge in [-0.25, -0.2) is 0 Å². The topological polar surface area (TPSA) is 27.0 Å². The number of piperidine rings is 1. The Labute approximate surface area is 101 Å². The number of nitrogens with zero attached hydrogens (tertiary/aromatic N) is 2. The number of rotatable bonds is 2. The van der Waals surface area contributed by atoms with Gasteiger partial charge in [-0.15, -0.1) is 0 Å². The first kappa shape index (κ1) is 16.2. The minimum Gasteiger partial charge on any atom is -0.295 e. The summed E-state index contributed by atoms with van der Waals surface area (Å²) in [4.78, 5) is 1.42. The van der Waals surface area contributed by atoms with Crippen LogP contribution in [0.3, 0.4) is 0 Å². The van der Waals surface area contributed by atoms with Crippen molar-refractivity contribution in [2.45, 2.75) is 46.2 Å². The molecule has 0 N–H and O–H groups in total. The van der Waals surface area contributed by atoms with Gasteiger partial charge in [0.2, 0.25) is 0 Å². The molecule has 0 aromatic heterocycles. The van der Waals surface area contributed by atoms with Gasteiger partial charge in [-0.2, -0.15) is 18.4 Å². The summed E-state index contributed by atoms with van der Waals surface area (Å²) in [6.07, 6.45) is -2.32. The van der Waals surface area contributed by atoms with E-state index in [0.29, 0.717) is 32.4 Å². The van der Waals surface area contributed by atoms with E-state index in [9.17, 15) is 13.2 Å². The van der Waals surface area contributed by atoms with Crippen molar-refractivity contribution in [1.29, 1.82) is 5.26 Å². The van der Waals surface area contributed by atoms with E-state index in [1.54, 1.807) is 0 Å². The van der Waals surface area contributed by atoms with E-state index in [1.165, 1.54) is 4.90 Å². The van der Waals surface area contributed by atoms with E-state index in [1.807, 2.05) is 20.8 Å². The predicted octanol–water partition coefficient (Wildman–Crippen LogP) is 3.59. The molecule has 0 aromatic carbocycles. The summed E-state index contributed by atoms with van der Waals surface area (Å²) in [5.41, 5.74) is -0.0865. The molecule has 0 amide bonds. The first-order valence-electron chi connectivity index (χ1n) is 6.01. The van der Waals surface area contributed by atoms with Gasteiger partial charge in [-0.1, -0.05) is 20.8 Å². The van der Waals surface area contributed by atoms with Crippen molar-refractivity contribution in [3.05, 3.63) is 0 Å². The summed E-state index contributed by atoms with van der Waals surface area (Å²) in [6, 6.07) is 2.10. The fourth-order valence-electron chi connectivity index (χ4n) is 1.87. The molecule has 1 rings (SSSR count). The molecule has 100 valence electrons. The molecule has 1 saturated heterocycles. The zero-order chi connectivity index (χ0) is 13.5. The lowest BCUT2D eigenvalue weighted by Crippen LogP contribution is -2.43. The Morgan fingerprint density at radius 1 is 1.24 bits per heavy atom. The summed E-state index contributed by atoms with van der Waals surface area (Å²) >= 11 is 0. The van der Waals surface area contributed by atoms with Gasteiger partial charge >= 0.3 is 6.18 Å². The number of hydrogen-bond donors (Lipinski definition) is 0. The van der Waals surface area contributed by atoms with E-state index < -0.39 is 12.7 Å². The summed E-state index contributed by atoms with van der Waals surface area (Å²) < 4.78 is 36.3. The van der Waals surface area contributed by atoms with Gasteiger partial charge in [0, 0.05) is 6.42 Å². The molecule has 2 nitrogen and oxygen atoms in total. The molecular formula is C12H21F3N2. The van der Waals surface area contributed by atoms with E-state index in [2.05, 4.69) is 6.07 Å². The molecule has 1 aliphatic rings. The van der Waals surface area contributed by atoms with Gasteiger partial charge in [-0.05, 0) is 31.3 Å². The maximum atomic E-state index is 12.1. The minimum absolute atomic E-state index is 0.0865. The van der Waals surface area contributed by atoms with Crippen molar-refractivity contribution in [2.24, 2.45) is 5.41 Å². The lowest BCUT2D eigenvalue weighted by Gasteiger charge is -2.38. The van der Waals surface area contributed by atoms with Gasteiger partial charge in [0.15, 0.2) is 0 Å². The number of likely N-dealkylation sites (tertiary alicyclic amines) is 1. The second-order valence-electron chi connectivity index (χ2n) is 4.54. The van der Waals surface area contributed by atoms with Crippen molar-refractivity contribution in [1.82, 2.24) is 4.90 Å². The fraction of sp³-hybridized carbons (Fsp3) is 0.917. The molecule has 0 bridgehead atoms. The largest absolute Gasteiger partial charge is 0.401 e. The molecule has 17 heavy (non-hydrogen) atoms. The molecule has 0 saturated carbocycles. The lowest BCUT2D eigenvalue weighted by atomic mass is 9.78. The zero-order valence-corrected chi connectivity index (χ0v) is 10.8. The molecule has 5 heteroatoms. The summed E-state index contributed by atoms with van der Waals surface area (Å²) in [7, 11) is 0. The lowest BCUT2D eigenvalue weighted by molar-refractivity contribution is -0.150. The Kier molecular flexibility index (Phi) is 6.54. The Balaban J connectivity index is 0.00000121. The van der Waals surface area contributed by atoms with Crippen LogP contribution >= 0.6 is 0 Å². The van der Waals surface area contributed by atoms with Gasteiger partial charge in [0.25, 0.3) is 0 Å². The number of hydrogen-bond acceptors (Lipinski definition) is 2. The predicted molar refractivity (Wildman–Crippen MR) is 61.4 cm³/mol. The second-order valence-corrected chi connectivity index (χ2v) is 4.54. The van der Waals surface area contributed by atoms with Crippen LogP contribution in [0.15, 0.2) is 0 Å².